The number of aliphatic hydroxyl groups excluding tert-OH is 1. The molecule has 2 aliphatic rings. The summed E-state index contributed by atoms with van der Waals surface area (Å²) in [6.07, 6.45) is 3.33. The Labute approximate surface area is 150 Å². The Kier molecular flexibility index (Phi) is 4.38. The van der Waals surface area contributed by atoms with E-state index in [1.54, 1.807) is 6.20 Å². The second-order valence-corrected chi connectivity index (χ2v) is 6.89. The van der Waals surface area contributed by atoms with E-state index in [2.05, 4.69) is 20.8 Å². The fourth-order valence-corrected chi connectivity index (χ4v) is 3.50. The molecule has 0 radical (unpaired) electrons. The maximum Gasteiger partial charge on any atom is 0.267 e. The van der Waals surface area contributed by atoms with Gasteiger partial charge in [0, 0.05) is 24.4 Å². The lowest BCUT2D eigenvalue weighted by Crippen LogP contribution is -2.44. The lowest BCUT2D eigenvalue weighted by molar-refractivity contribution is -0.121. The normalized spacial score (nSPS) is 23.6. The van der Waals surface area contributed by atoms with Crippen LogP contribution in [0.2, 0.25) is 0 Å². The van der Waals surface area contributed by atoms with Crippen molar-refractivity contribution in [3.8, 4) is 0 Å². The smallest absolute Gasteiger partial charge is 0.267 e. The Balaban J connectivity index is 1.59. The molecule has 7 heteroatoms. The molecule has 0 unspecified atom stereocenters. The SMILES string of the molecule is O=C1CCC(C(=O)N[C@@H](c2cnc3ccccc3c2)C2CC(O)C2)=NN1. The third kappa shape index (κ3) is 3.30. The van der Waals surface area contributed by atoms with Crippen LogP contribution in [0.25, 0.3) is 10.9 Å². The van der Waals surface area contributed by atoms with Gasteiger partial charge in [0.25, 0.3) is 5.91 Å². The number of para-hydroxylation sites is 1. The first-order valence-electron chi connectivity index (χ1n) is 8.79. The van der Waals surface area contributed by atoms with E-state index in [0.717, 1.165) is 16.5 Å². The molecular formula is C19H20N4O3. The van der Waals surface area contributed by atoms with Gasteiger partial charge in [0.1, 0.15) is 5.71 Å². The van der Waals surface area contributed by atoms with Crippen LogP contribution in [0.3, 0.4) is 0 Å². The van der Waals surface area contributed by atoms with Crippen molar-refractivity contribution in [2.75, 3.05) is 0 Å². The van der Waals surface area contributed by atoms with Crippen molar-refractivity contribution >= 4 is 28.4 Å². The Hall–Kier alpha value is -2.80. The second-order valence-electron chi connectivity index (χ2n) is 6.89. The molecule has 26 heavy (non-hydrogen) atoms. The highest BCUT2D eigenvalue weighted by molar-refractivity contribution is 6.39. The molecule has 2 heterocycles. The van der Waals surface area contributed by atoms with Crippen molar-refractivity contribution in [1.82, 2.24) is 15.7 Å². The molecule has 1 saturated carbocycles. The summed E-state index contributed by atoms with van der Waals surface area (Å²) >= 11 is 0. The van der Waals surface area contributed by atoms with E-state index in [1.807, 2.05) is 30.3 Å². The largest absolute Gasteiger partial charge is 0.393 e. The van der Waals surface area contributed by atoms with Gasteiger partial charge >= 0.3 is 0 Å². The molecule has 0 saturated heterocycles. The van der Waals surface area contributed by atoms with Gasteiger partial charge in [0.15, 0.2) is 0 Å². The number of rotatable bonds is 4. The quantitative estimate of drug-likeness (QED) is 0.774. The van der Waals surface area contributed by atoms with Crippen molar-refractivity contribution < 1.29 is 14.7 Å². The lowest BCUT2D eigenvalue weighted by atomic mass is 9.75. The molecule has 0 spiro atoms. The summed E-state index contributed by atoms with van der Waals surface area (Å²) in [6, 6.07) is 9.60. The standard InChI is InChI=1S/C19H20N4O3/c24-14-8-12(9-14)18(21-19(26)16-5-6-17(25)23-22-16)13-7-11-3-1-2-4-15(11)20-10-13/h1-4,7,10,12,14,18,24H,5-6,8-9H2,(H,21,26)(H,23,25)/t12?,14?,18-/m1/s1. The molecule has 1 aromatic carbocycles. The van der Waals surface area contributed by atoms with Gasteiger partial charge in [-0.2, -0.15) is 5.10 Å². The highest BCUT2D eigenvalue weighted by atomic mass is 16.3. The van der Waals surface area contributed by atoms with Crippen molar-refractivity contribution in [2.24, 2.45) is 11.0 Å². The first kappa shape index (κ1) is 16.7. The third-order valence-electron chi connectivity index (χ3n) is 5.04. The first-order valence-corrected chi connectivity index (χ1v) is 8.79. The number of aromatic nitrogens is 1. The maximum absolute atomic E-state index is 12.6. The highest BCUT2D eigenvalue weighted by Gasteiger charge is 2.36. The molecule has 1 fully saturated rings. The number of nitrogens with zero attached hydrogens (tertiary/aromatic N) is 2. The zero-order valence-corrected chi connectivity index (χ0v) is 14.2. The number of benzene rings is 1. The van der Waals surface area contributed by atoms with Gasteiger partial charge in [0.2, 0.25) is 5.91 Å². The average Bonchev–Trinajstić information content (AvgIpc) is 2.64. The molecule has 1 atom stereocenters. The molecule has 1 aromatic heterocycles. The summed E-state index contributed by atoms with van der Waals surface area (Å²) < 4.78 is 0. The third-order valence-corrected chi connectivity index (χ3v) is 5.04. The molecule has 2 aromatic rings. The molecule has 4 rings (SSSR count). The van der Waals surface area contributed by atoms with E-state index in [-0.39, 0.29) is 36.3 Å². The van der Waals surface area contributed by atoms with Crippen molar-refractivity contribution in [3.63, 3.8) is 0 Å². The summed E-state index contributed by atoms with van der Waals surface area (Å²) in [5.41, 5.74) is 4.48. The number of carbonyl (C=O) groups is 2. The Morgan fingerprint density at radius 1 is 1.27 bits per heavy atom. The van der Waals surface area contributed by atoms with Gasteiger partial charge in [-0.15, -0.1) is 0 Å². The highest BCUT2D eigenvalue weighted by Crippen LogP contribution is 2.38. The zero-order chi connectivity index (χ0) is 18.1. The minimum Gasteiger partial charge on any atom is -0.393 e. The fourth-order valence-electron chi connectivity index (χ4n) is 3.50. The number of hydrogen-bond acceptors (Lipinski definition) is 5. The predicted molar refractivity (Wildman–Crippen MR) is 96.2 cm³/mol. The topological polar surface area (TPSA) is 104 Å². The Bertz CT molecular complexity index is 889. The molecule has 1 aliphatic carbocycles. The van der Waals surface area contributed by atoms with E-state index in [9.17, 15) is 14.7 Å². The van der Waals surface area contributed by atoms with E-state index in [4.69, 9.17) is 0 Å². The van der Waals surface area contributed by atoms with Gasteiger partial charge in [0.05, 0.1) is 17.7 Å². The monoisotopic (exact) mass is 352 g/mol. The summed E-state index contributed by atoms with van der Waals surface area (Å²) in [5, 5.41) is 17.6. The molecule has 7 nitrogen and oxygen atoms in total. The molecule has 134 valence electrons. The molecule has 1 aliphatic heterocycles. The van der Waals surface area contributed by atoms with E-state index in [0.29, 0.717) is 25.0 Å². The summed E-state index contributed by atoms with van der Waals surface area (Å²) in [5.74, 6) is -0.320. The van der Waals surface area contributed by atoms with E-state index in [1.165, 1.54) is 0 Å². The van der Waals surface area contributed by atoms with Crippen LogP contribution in [0.5, 0.6) is 0 Å². The van der Waals surface area contributed by atoms with Gasteiger partial charge in [-0.05, 0) is 36.5 Å². The summed E-state index contributed by atoms with van der Waals surface area (Å²) in [4.78, 5) is 28.3. The number of nitrogens with one attached hydrogen (secondary N) is 2. The Morgan fingerprint density at radius 2 is 2.08 bits per heavy atom. The first-order chi connectivity index (χ1) is 12.6. The van der Waals surface area contributed by atoms with Crippen LogP contribution in [0.15, 0.2) is 41.6 Å². The van der Waals surface area contributed by atoms with Crippen LogP contribution in [-0.2, 0) is 9.59 Å². The summed E-state index contributed by atoms with van der Waals surface area (Å²) in [6.45, 7) is 0. The van der Waals surface area contributed by atoms with Gasteiger partial charge in [-0.3, -0.25) is 14.6 Å². The van der Waals surface area contributed by atoms with Crippen LogP contribution < -0.4 is 10.7 Å². The molecule has 3 N–H and O–H groups in total. The van der Waals surface area contributed by atoms with Crippen LogP contribution in [0, 0.1) is 5.92 Å². The average molecular weight is 352 g/mol. The van der Waals surface area contributed by atoms with Gasteiger partial charge < -0.3 is 10.4 Å². The maximum atomic E-state index is 12.6. The fraction of sp³-hybridized carbons (Fsp3) is 0.368. The molecule has 2 amide bonds. The second kappa shape index (κ2) is 6.84. The van der Waals surface area contributed by atoms with Crippen LogP contribution in [0.4, 0.5) is 0 Å². The number of pyridine rings is 1. The lowest BCUT2D eigenvalue weighted by Gasteiger charge is -2.38. The minimum atomic E-state index is -0.320. The Morgan fingerprint density at radius 3 is 2.81 bits per heavy atom. The number of hydrazone groups is 1. The van der Waals surface area contributed by atoms with Crippen molar-refractivity contribution in [1.29, 1.82) is 0 Å². The number of hydrogen-bond donors (Lipinski definition) is 3. The van der Waals surface area contributed by atoms with Crippen molar-refractivity contribution in [3.05, 3.63) is 42.1 Å². The number of carbonyl (C=O) groups excluding carboxylic acids is 2. The summed E-state index contributed by atoms with van der Waals surface area (Å²) in [7, 11) is 0. The molecular weight excluding hydrogens is 332 g/mol. The van der Waals surface area contributed by atoms with Crippen molar-refractivity contribution in [2.45, 2.75) is 37.8 Å². The zero-order valence-electron chi connectivity index (χ0n) is 14.2. The van der Waals surface area contributed by atoms with Gasteiger partial charge in [-0.1, -0.05) is 18.2 Å². The van der Waals surface area contributed by atoms with Gasteiger partial charge in [-0.25, -0.2) is 5.43 Å². The minimum absolute atomic E-state index is 0.149. The van der Waals surface area contributed by atoms with Crippen LogP contribution in [0.1, 0.15) is 37.3 Å². The number of fused-ring (bicyclic) bond motifs is 1. The number of aliphatic hydroxyl groups is 1. The number of amides is 2. The van der Waals surface area contributed by atoms with Crippen LogP contribution in [-0.4, -0.2) is 33.7 Å². The molecule has 0 bridgehead atoms. The van der Waals surface area contributed by atoms with Crippen LogP contribution >= 0.6 is 0 Å². The predicted octanol–water partition coefficient (Wildman–Crippen LogP) is 1.43. The van der Waals surface area contributed by atoms with E-state index >= 15 is 0 Å². The van der Waals surface area contributed by atoms with E-state index < -0.39 is 0 Å².